The van der Waals surface area contributed by atoms with E-state index in [1.165, 1.54) is 16.7 Å². The highest BCUT2D eigenvalue weighted by Crippen LogP contribution is 2.65. The molecule has 0 unspecified atom stereocenters. The van der Waals surface area contributed by atoms with Crippen LogP contribution in [-0.4, -0.2) is 13.7 Å². The van der Waals surface area contributed by atoms with Crippen LogP contribution in [0.15, 0.2) is 12.1 Å². The number of aryl methyl sites for hydroxylation is 2. The third-order valence-electron chi connectivity index (χ3n) is 4.49. The van der Waals surface area contributed by atoms with Gasteiger partial charge in [-0.3, -0.25) is 0 Å². The first-order chi connectivity index (χ1) is 7.93. The Hall–Kier alpha value is -1.02. The Bertz CT molecular complexity index is 437. The van der Waals surface area contributed by atoms with Crippen LogP contribution < -0.4 is 10.5 Å². The van der Waals surface area contributed by atoms with E-state index in [2.05, 4.69) is 39.8 Å². The van der Waals surface area contributed by atoms with Gasteiger partial charge in [-0.25, -0.2) is 0 Å². The normalized spacial score (nSPS) is 25.8. The minimum absolute atomic E-state index is 0.309. The number of benzene rings is 1. The number of ether oxygens (including phenoxy) is 1. The monoisotopic (exact) mass is 233 g/mol. The number of hydrogen-bond donors (Lipinski definition) is 1. The van der Waals surface area contributed by atoms with E-state index in [1.54, 1.807) is 7.11 Å². The van der Waals surface area contributed by atoms with Gasteiger partial charge in [0.2, 0.25) is 0 Å². The summed E-state index contributed by atoms with van der Waals surface area (Å²) in [6.45, 7) is 9.63. The summed E-state index contributed by atoms with van der Waals surface area (Å²) in [6.07, 6.45) is 0. The molecule has 1 fully saturated rings. The average molecular weight is 233 g/mol. The van der Waals surface area contributed by atoms with Gasteiger partial charge in [0.25, 0.3) is 0 Å². The number of hydrogen-bond acceptors (Lipinski definition) is 2. The van der Waals surface area contributed by atoms with Crippen molar-refractivity contribution < 1.29 is 4.74 Å². The number of methoxy groups -OCH3 is 1. The zero-order valence-corrected chi connectivity index (χ0v) is 11.5. The summed E-state index contributed by atoms with van der Waals surface area (Å²) in [5.41, 5.74) is 10.1. The molecule has 2 nitrogen and oxygen atoms in total. The predicted octanol–water partition coefficient (Wildman–Crippen LogP) is 3.01. The van der Waals surface area contributed by atoms with Crippen LogP contribution in [-0.2, 0) is 0 Å². The van der Waals surface area contributed by atoms with E-state index in [1.807, 2.05) is 0 Å². The fraction of sp³-hybridized carbons (Fsp3) is 0.600. The van der Waals surface area contributed by atoms with Gasteiger partial charge in [0.05, 0.1) is 7.11 Å². The highest BCUT2D eigenvalue weighted by Gasteiger charge is 2.58. The smallest absolute Gasteiger partial charge is 0.122 e. The lowest BCUT2D eigenvalue weighted by atomic mass is 9.98. The van der Waals surface area contributed by atoms with Crippen LogP contribution in [0, 0.1) is 25.2 Å². The number of rotatable bonds is 3. The molecular weight excluding hydrogens is 210 g/mol. The topological polar surface area (TPSA) is 35.2 Å². The summed E-state index contributed by atoms with van der Waals surface area (Å²) in [4.78, 5) is 0. The van der Waals surface area contributed by atoms with Crippen LogP contribution >= 0.6 is 0 Å². The molecule has 2 N–H and O–H groups in total. The molecule has 94 valence electrons. The van der Waals surface area contributed by atoms with E-state index in [0.717, 1.165) is 12.3 Å². The van der Waals surface area contributed by atoms with Crippen molar-refractivity contribution in [2.24, 2.45) is 17.1 Å². The second-order valence-electron chi connectivity index (χ2n) is 5.82. The molecule has 0 radical (unpaired) electrons. The van der Waals surface area contributed by atoms with Crippen molar-refractivity contribution in [2.45, 2.75) is 33.6 Å². The SMILES string of the molecule is COc1cc(C)c(C)cc1[C@H]1[C@H](CN)C1(C)C. The predicted molar refractivity (Wildman–Crippen MR) is 71.5 cm³/mol. The lowest BCUT2D eigenvalue weighted by molar-refractivity contribution is 0.407. The number of nitrogens with two attached hydrogens (primary N) is 1. The van der Waals surface area contributed by atoms with E-state index >= 15 is 0 Å². The molecule has 0 aliphatic heterocycles. The van der Waals surface area contributed by atoms with E-state index in [0.29, 0.717) is 17.3 Å². The molecule has 1 aromatic carbocycles. The maximum absolute atomic E-state index is 5.86. The molecule has 2 atom stereocenters. The van der Waals surface area contributed by atoms with Crippen molar-refractivity contribution in [1.82, 2.24) is 0 Å². The Kier molecular flexibility index (Phi) is 2.94. The van der Waals surface area contributed by atoms with Crippen molar-refractivity contribution in [3.05, 3.63) is 28.8 Å². The Labute approximate surface area is 104 Å². The van der Waals surface area contributed by atoms with Gasteiger partial charge in [-0.05, 0) is 60.4 Å². The Morgan fingerprint density at radius 3 is 2.29 bits per heavy atom. The van der Waals surface area contributed by atoms with Crippen molar-refractivity contribution in [2.75, 3.05) is 13.7 Å². The average Bonchev–Trinajstić information content (AvgIpc) is 2.83. The Balaban J connectivity index is 2.43. The van der Waals surface area contributed by atoms with Crippen LogP contribution in [0.25, 0.3) is 0 Å². The van der Waals surface area contributed by atoms with E-state index in [4.69, 9.17) is 10.5 Å². The van der Waals surface area contributed by atoms with Gasteiger partial charge in [0.15, 0.2) is 0 Å². The van der Waals surface area contributed by atoms with E-state index in [-0.39, 0.29) is 0 Å². The molecular formula is C15H23NO. The van der Waals surface area contributed by atoms with Gasteiger partial charge in [-0.2, -0.15) is 0 Å². The highest BCUT2D eigenvalue weighted by atomic mass is 16.5. The van der Waals surface area contributed by atoms with Crippen LogP contribution in [0.3, 0.4) is 0 Å². The molecule has 0 saturated heterocycles. The van der Waals surface area contributed by atoms with Gasteiger partial charge >= 0.3 is 0 Å². The second-order valence-corrected chi connectivity index (χ2v) is 5.82. The molecule has 1 saturated carbocycles. The molecule has 0 bridgehead atoms. The molecule has 0 aromatic heterocycles. The molecule has 2 heteroatoms. The zero-order valence-electron chi connectivity index (χ0n) is 11.5. The zero-order chi connectivity index (χ0) is 12.8. The molecule has 0 amide bonds. The van der Waals surface area contributed by atoms with Crippen LogP contribution in [0.2, 0.25) is 0 Å². The van der Waals surface area contributed by atoms with Crippen molar-refractivity contribution in [3.8, 4) is 5.75 Å². The summed E-state index contributed by atoms with van der Waals surface area (Å²) in [5.74, 6) is 2.14. The summed E-state index contributed by atoms with van der Waals surface area (Å²) < 4.78 is 5.53. The second kappa shape index (κ2) is 4.02. The first kappa shape index (κ1) is 12.4. The Morgan fingerprint density at radius 2 is 1.82 bits per heavy atom. The third kappa shape index (κ3) is 1.85. The van der Waals surface area contributed by atoms with E-state index in [9.17, 15) is 0 Å². The van der Waals surface area contributed by atoms with Crippen molar-refractivity contribution >= 4 is 0 Å². The highest BCUT2D eigenvalue weighted by molar-refractivity contribution is 5.48. The van der Waals surface area contributed by atoms with Gasteiger partial charge in [-0.1, -0.05) is 19.9 Å². The summed E-state index contributed by atoms with van der Waals surface area (Å²) in [6, 6.07) is 4.42. The summed E-state index contributed by atoms with van der Waals surface area (Å²) >= 11 is 0. The largest absolute Gasteiger partial charge is 0.496 e. The molecule has 2 rings (SSSR count). The van der Waals surface area contributed by atoms with Gasteiger partial charge < -0.3 is 10.5 Å². The minimum atomic E-state index is 0.309. The molecule has 1 aliphatic carbocycles. The first-order valence-corrected chi connectivity index (χ1v) is 6.28. The molecule has 1 aliphatic rings. The molecule has 0 spiro atoms. The summed E-state index contributed by atoms with van der Waals surface area (Å²) in [7, 11) is 1.75. The Morgan fingerprint density at radius 1 is 1.24 bits per heavy atom. The maximum Gasteiger partial charge on any atom is 0.122 e. The van der Waals surface area contributed by atoms with Crippen LogP contribution in [0.1, 0.15) is 36.5 Å². The van der Waals surface area contributed by atoms with Crippen LogP contribution in [0.5, 0.6) is 5.75 Å². The quantitative estimate of drug-likeness (QED) is 0.871. The van der Waals surface area contributed by atoms with Gasteiger partial charge in [0, 0.05) is 0 Å². The van der Waals surface area contributed by atoms with Gasteiger partial charge in [0.1, 0.15) is 5.75 Å². The fourth-order valence-corrected chi connectivity index (χ4v) is 3.03. The van der Waals surface area contributed by atoms with Crippen molar-refractivity contribution in [1.29, 1.82) is 0 Å². The van der Waals surface area contributed by atoms with Gasteiger partial charge in [-0.15, -0.1) is 0 Å². The third-order valence-corrected chi connectivity index (χ3v) is 4.49. The molecule has 1 aromatic rings. The molecule has 17 heavy (non-hydrogen) atoms. The molecule has 0 heterocycles. The lowest BCUT2D eigenvalue weighted by Gasteiger charge is -2.13. The summed E-state index contributed by atoms with van der Waals surface area (Å²) in [5, 5.41) is 0. The standard InChI is InChI=1S/C15H23NO/c1-9-6-11(13(17-5)7-10(9)2)14-12(8-16)15(14,3)4/h6-7,12,14H,8,16H2,1-5H3/t12-,14-/m0/s1. The fourth-order valence-electron chi connectivity index (χ4n) is 3.03. The van der Waals surface area contributed by atoms with E-state index < -0.39 is 0 Å². The lowest BCUT2D eigenvalue weighted by Crippen LogP contribution is -2.05. The first-order valence-electron chi connectivity index (χ1n) is 6.28. The van der Waals surface area contributed by atoms with Crippen molar-refractivity contribution in [3.63, 3.8) is 0 Å². The van der Waals surface area contributed by atoms with Crippen LogP contribution in [0.4, 0.5) is 0 Å². The minimum Gasteiger partial charge on any atom is -0.496 e. The maximum atomic E-state index is 5.86.